The molecule has 3 N–H and O–H groups in total. The molecule has 1 aliphatic rings. The van der Waals surface area contributed by atoms with E-state index in [0.717, 1.165) is 26.2 Å². The number of hydrogen-bond acceptors (Lipinski definition) is 4. The first kappa shape index (κ1) is 15.4. The van der Waals surface area contributed by atoms with E-state index in [1.165, 1.54) is 16.3 Å². The number of hydrazine groups is 1. The molecule has 4 nitrogen and oxygen atoms in total. The molecule has 0 saturated carbocycles. The Balaban J connectivity index is 1.80. The minimum absolute atomic E-state index is 0.364. The average Bonchev–Trinajstić information content (AvgIpc) is 3.00. The summed E-state index contributed by atoms with van der Waals surface area (Å²) in [6, 6.07) is 15.6. The predicted molar refractivity (Wildman–Crippen MR) is 92.7 cm³/mol. The summed E-state index contributed by atoms with van der Waals surface area (Å²) in [6.45, 7) is 4.21. The number of nitrogens with zero attached hydrogens (tertiary/aromatic N) is 1. The van der Waals surface area contributed by atoms with Gasteiger partial charge in [-0.15, -0.1) is 0 Å². The van der Waals surface area contributed by atoms with Gasteiger partial charge in [-0.3, -0.25) is 5.43 Å². The van der Waals surface area contributed by atoms with Crippen molar-refractivity contribution >= 4 is 10.8 Å². The molecule has 1 saturated heterocycles. The largest absolute Gasteiger partial charge is 0.318 e. The summed E-state index contributed by atoms with van der Waals surface area (Å²) < 4.78 is 0. The summed E-state index contributed by atoms with van der Waals surface area (Å²) in [5.74, 6) is 0.577. The lowest BCUT2D eigenvalue weighted by Gasteiger charge is -2.25. The number of benzene rings is 2. The second-order valence-corrected chi connectivity index (χ2v) is 6.20. The van der Waals surface area contributed by atoms with Gasteiger partial charge in [-0.05, 0) is 30.4 Å². The molecule has 0 amide bonds. The Labute approximate surface area is 132 Å². The first-order chi connectivity index (χ1) is 10.8. The standard InChI is InChI=1S/C18H26N4/c1-19-10-11-22(2)13-15-12-20-21-18(15)17-9-5-7-14-6-3-4-8-16(14)17/h3-9,15,18-21H,10-13H2,1-2H3. The molecule has 4 heteroatoms. The fourth-order valence-corrected chi connectivity index (χ4v) is 3.35. The van der Waals surface area contributed by atoms with E-state index in [1.807, 2.05) is 7.05 Å². The lowest BCUT2D eigenvalue weighted by molar-refractivity contribution is 0.271. The van der Waals surface area contributed by atoms with Gasteiger partial charge in [0.1, 0.15) is 0 Å². The Morgan fingerprint density at radius 2 is 2.00 bits per heavy atom. The Hall–Kier alpha value is -1.46. The average molecular weight is 298 g/mol. The number of hydrogen-bond donors (Lipinski definition) is 3. The van der Waals surface area contributed by atoms with Crippen LogP contribution in [0.5, 0.6) is 0 Å². The fourth-order valence-electron chi connectivity index (χ4n) is 3.35. The predicted octanol–water partition coefficient (Wildman–Crippen LogP) is 1.76. The number of fused-ring (bicyclic) bond motifs is 1. The van der Waals surface area contributed by atoms with Crippen molar-refractivity contribution in [1.82, 2.24) is 21.1 Å². The Bertz CT molecular complexity index is 608. The molecule has 22 heavy (non-hydrogen) atoms. The van der Waals surface area contributed by atoms with Crippen molar-refractivity contribution in [2.75, 3.05) is 40.3 Å². The van der Waals surface area contributed by atoms with Crippen LogP contribution in [0.4, 0.5) is 0 Å². The first-order valence-corrected chi connectivity index (χ1v) is 8.09. The van der Waals surface area contributed by atoms with Gasteiger partial charge >= 0.3 is 0 Å². The maximum absolute atomic E-state index is 3.48. The minimum Gasteiger partial charge on any atom is -0.318 e. The van der Waals surface area contributed by atoms with Gasteiger partial charge in [0.25, 0.3) is 0 Å². The topological polar surface area (TPSA) is 39.3 Å². The molecule has 0 radical (unpaired) electrons. The zero-order chi connectivity index (χ0) is 15.4. The molecular formula is C18H26N4. The molecule has 3 rings (SSSR count). The number of rotatable bonds is 6. The van der Waals surface area contributed by atoms with Crippen LogP contribution in [0.15, 0.2) is 42.5 Å². The maximum Gasteiger partial charge on any atom is 0.0521 e. The maximum atomic E-state index is 3.48. The van der Waals surface area contributed by atoms with Crippen molar-refractivity contribution < 1.29 is 0 Å². The van der Waals surface area contributed by atoms with E-state index < -0.39 is 0 Å². The first-order valence-electron chi connectivity index (χ1n) is 8.09. The van der Waals surface area contributed by atoms with Crippen LogP contribution in [0, 0.1) is 5.92 Å². The third kappa shape index (κ3) is 3.31. The molecule has 2 unspecified atom stereocenters. The zero-order valence-corrected chi connectivity index (χ0v) is 13.5. The van der Waals surface area contributed by atoms with E-state index in [2.05, 4.69) is 70.6 Å². The Kier molecular flexibility index (Phi) is 5.05. The van der Waals surface area contributed by atoms with Crippen LogP contribution in [-0.2, 0) is 0 Å². The van der Waals surface area contributed by atoms with E-state index in [-0.39, 0.29) is 0 Å². The number of nitrogens with one attached hydrogen (secondary N) is 3. The summed E-state index contributed by atoms with van der Waals surface area (Å²) in [7, 11) is 4.21. The van der Waals surface area contributed by atoms with E-state index in [0.29, 0.717) is 12.0 Å². The van der Waals surface area contributed by atoms with Crippen LogP contribution in [0.2, 0.25) is 0 Å². The van der Waals surface area contributed by atoms with E-state index in [9.17, 15) is 0 Å². The molecule has 2 atom stereocenters. The van der Waals surface area contributed by atoms with Gasteiger partial charge < -0.3 is 10.2 Å². The quantitative estimate of drug-likeness (QED) is 0.760. The highest BCUT2D eigenvalue weighted by Crippen LogP contribution is 2.31. The van der Waals surface area contributed by atoms with Gasteiger partial charge in [-0.25, -0.2) is 5.43 Å². The van der Waals surface area contributed by atoms with Crippen LogP contribution in [0.1, 0.15) is 11.6 Å². The summed E-state index contributed by atoms with van der Waals surface area (Å²) in [4.78, 5) is 2.41. The van der Waals surface area contributed by atoms with Crippen molar-refractivity contribution in [1.29, 1.82) is 0 Å². The molecule has 0 bridgehead atoms. The fraction of sp³-hybridized carbons (Fsp3) is 0.444. The van der Waals surface area contributed by atoms with Gasteiger partial charge in [-0.2, -0.15) is 0 Å². The van der Waals surface area contributed by atoms with Gasteiger partial charge in [0, 0.05) is 32.1 Å². The van der Waals surface area contributed by atoms with Crippen LogP contribution < -0.4 is 16.2 Å². The van der Waals surface area contributed by atoms with E-state index >= 15 is 0 Å². The van der Waals surface area contributed by atoms with Gasteiger partial charge in [-0.1, -0.05) is 42.5 Å². The van der Waals surface area contributed by atoms with Crippen molar-refractivity contribution in [2.45, 2.75) is 6.04 Å². The normalized spacial score (nSPS) is 21.8. The summed E-state index contributed by atoms with van der Waals surface area (Å²) in [6.07, 6.45) is 0. The SMILES string of the molecule is CNCCN(C)CC1CNNC1c1cccc2ccccc12. The smallest absolute Gasteiger partial charge is 0.0521 e. The zero-order valence-electron chi connectivity index (χ0n) is 13.5. The lowest BCUT2D eigenvalue weighted by atomic mass is 9.91. The van der Waals surface area contributed by atoms with Crippen LogP contribution in [0.3, 0.4) is 0 Å². The molecule has 118 valence electrons. The highest BCUT2D eigenvalue weighted by atomic mass is 15.4. The molecule has 0 aliphatic carbocycles. The highest BCUT2D eigenvalue weighted by Gasteiger charge is 2.29. The van der Waals surface area contributed by atoms with Gasteiger partial charge in [0.15, 0.2) is 0 Å². The van der Waals surface area contributed by atoms with Crippen molar-refractivity contribution in [3.05, 3.63) is 48.0 Å². The molecule has 1 fully saturated rings. The van der Waals surface area contributed by atoms with Crippen molar-refractivity contribution in [3.8, 4) is 0 Å². The molecule has 2 aromatic carbocycles. The minimum atomic E-state index is 0.364. The Morgan fingerprint density at radius 1 is 1.18 bits per heavy atom. The van der Waals surface area contributed by atoms with E-state index in [1.54, 1.807) is 0 Å². The molecule has 0 aromatic heterocycles. The van der Waals surface area contributed by atoms with Crippen molar-refractivity contribution in [2.24, 2.45) is 5.92 Å². The number of likely N-dealkylation sites (N-methyl/N-ethyl adjacent to an activating group) is 2. The highest BCUT2D eigenvalue weighted by molar-refractivity contribution is 5.86. The van der Waals surface area contributed by atoms with Crippen LogP contribution >= 0.6 is 0 Å². The lowest BCUT2D eigenvalue weighted by Crippen LogP contribution is -2.34. The van der Waals surface area contributed by atoms with E-state index in [4.69, 9.17) is 0 Å². The van der Waals surface area contributed by atoms with Crippen molar-refractivity contribution in [3.63, 3.8) is 0 Å². The Morgan fingerprint density at radius 3 is 2.86 bits per heavy atom. The molecule has 1 heterocycles. The second kappa shape index (κ2) is 7.20. The third-order valence-electron chi connectivity index (χ3n) is 4.54. The summed E-state index contributed by atoms with van der Waals surface area (Å²) in [5, 5.41) is 5.89. The third-order valence-corrected chi connectivity index (χ3v) is 4.54. The molecule has 2 aromatic rings. The van der Waals surface area contributed by atoms with Crippen LogP contribution in [0.25, 0.3) is 10.8 Å². The second-order valence-electron chi connectivity index (χ2n) is 6.20. The molecule has 1 aliphatic heterocycles. The summed E-state index contributed by atoms with van der Waals surface area (Å²) in [5.41, 5.74) is 8.24. The monoisotopic (exact) mass is 298 g/mol. The van der Waals surface area contributed by atoms with Crippen LogP contribution in [-0.4, -0.2) is 45.2 Å². The summed E-state index contributed by atoms with van der Waals surface area (Å²) >= 11 is 0. The van der Waals surface area contributed by atoms with Gasteiger partial charge in [0.05, 0.1) is 6.04 Å². The molecular weight excluding hydrogens is 272 g/mol. The van der Waals surface area contributed by atoms with Gasteiger partial charge in [0.2, 0.25) is 0 Å². The molecule has 0 spiro atoms.